The van der Waals surface area contributed by atoms with Crippen molar-refractivity contribution >= 4 is 22.6 Å². The second kappa shape index (κ2) is 8.19. The van der Waals surface area contributed by atoms with Crippen molar-refractivity contribution in [2.75, 3.05) is 11.9 Å². The molecule has 0 N–H and O–H groups in total. The average Bonchev–Trinajstić information content (AvgIpc) is 3.10. The molecular weight excluding hydrogens is 362 g/mol. The molecule has 0 unspecified atom stereocenters. The Morgan fingerprint density at radius 2 is 1.76 bits per heavy atom. The molecule has 4 rings (SSSR count). The molecule has 0 saturated heterocycles. The van der Waals surface area contributed by atoms with Crippen molar-refractivity contribution in [1.82, 2.24) is 9.55 Å². The van der Waals surface area contributed by atoms with Gasteiger partial charge in [-0.2, -0.15) is 0 Å². The van der Waals surface area contributed by atoms with Crippen LogP contribution < -0.4 is 9.64 Å². The van der Waals surface area contributed by atoms with Crippen LogP contribution in [0.1, 0.15) is 11.4 Å². The van der Waals surface area contributed by atoms with Crippen LogP contribution in [0.5, 0.6) is 5.75 Å². The summed E-state index contributed by atoms with van der Waals surface area (Å²) in [6, 6.07) is 25.4. The van der Waals surface area contributed by atoms with Gasteiger partial charge >= 0.3 is 0 Å². The van der Waals surface area contributed by atoms with Crippen molar-refractivity contribution in [1.29, 1.82) is 0 Å². The van der Waals surface area contributed by atoms with E-state index in [1.165, 1.54) is 0 Å². The lowest BCUT2D eigenvalue weighted by atomic mass is 10.2. The zero-order valence-corrected chi connectivity index (χ0v) is 16.6. The minimum atomic E-state index is -0.0142. The fourth-order valence-corrected chi connectivity index (χ4v) is 3.30. The number of hydrogen-bond acceptors (Lipinski definition) is 3. The largest absolute Gasteiger partial charge is 0.486 e. The van der Waals surface area contributed by atoms with E-state index in [2.05, 4.69) is 0 Å². The predicted octanol–water partition coefficient (Wildman–Crippen LogP) is 4.59. The lowest BCUT2D eigenvalue weighted by Gasteiger charge is -2.19. The summed E-state index contributed by atoms with van der Waals surface area (Å²) >= 11 is 0. The number of benzene rings is 3. The van der Waals surface area contributed by atoms with Gasteiger partial charge < -0.3 is 14.2 Å². The molecule has 0 fully saturated rings. The summed E-state index contributed by atoms with van der Waals surface area (Å²) in [5, 5.41) is 0. The summed E-state index contributed by atoms with van der Waals surface area (Å²) in [5.41, 5.74) is 3.77. The molecule has 1 amide bonds. The van der Waals surface area contributed by atoms with Crippen LogP contribution in [0.2, 0.25) is 0 Å². The van der Waals surface area contributed by atoms with Gasteiger partial charge in [-0.15, -0.1) is 0 Å². The van der Waals surface area contributed by atoms with Gasteiger partial charge in [-0.1, -0.05) is 42.5 Å². The maximum atomic E-state index is 13.0. The highest BCUT2D eigenvalue weighted by Crippen LogP contribution is 2.20. The second-order valence-corrected chi connectivity index (χ2v) is 7.00. The molecule has 0 bridgehead atoms. The SMILES string of the molecule is Cc1cccc(N(C)C(=O)Cn2c(COc3ccccc3)nc3ccccc32)c1. The molecular formula is C24H23N3O2. The first-order valence-corrected chi connectivity index (χ1v) is 9.57. The topological polar surface area (TPSA) is 47.4 Å². The standard InChI is InChI=1S/C24H23N3O2/c1-18-9-8-10-19(15-18)26(2)24(28)16-27-22-14-7-6-13-21(22)25-23(27)17-29-20-11-4-3-5-12-20/h3-15H,16-17H2,1-2H3. The van der Waals surface area contributed by atoms with E-state index >= 15 is 0 Å². The zero-order valence-electron chi connectivity index (χ0n) is 16.6. The van der Waals surface area contributed by atoms with Crippen LogP contribution in [0.15, 0.2) is 78.9 Å². The van der Waals surface area contributed by atoms with Crippen LogP contribution in [0.3, 0.4) is 0 Å². The third-order valence-corrected chi connectivity index (χ3v) is 4.90. The molecule has 0 atom stereocenters. The monoisotopic (exact) mass is 385 g/mol. The Morgan fingerprint density at radius 1 is 1.00 bits per heavy atom. The summed E-state index contributed by atoms with van der Waals surface area (Å²) in [5.74, 6) is 1.48. The second-order valence-electron chi connectivity index (χ2n) is 7.00. The first kappa shape index (κ1) is 18.7. The molecule has 0 aliphatic rings. The molecule has 1 heterocycles. The van der Waals surface area contributed by atoms with E-state index in [1.807, 2.05) is 90.4 Å². The fourth-order valence-electron chi connectivity index (χ4n) is 3.30. The molecule has 5 heteroatoms. The molecule has 0 aliphatic heterocycles. The van der Waals surface area contributed by atoms with Crippen LogP contribution in [0.4, 0.5) is 5.69 Å². The van der Waals surface area contributed by atoms with Crippen molar-refractivity contribution in [2.45, 2.75) is 20.1 Å². The number of para-hydroxylation sites is 3. The van der Waals surface area contributed by atoms with Gasteiger partial charge in [0.25, 0.3) is 0 Å². The van der Waals surface area contributed by atoms with Gasteiger partial charge in [0.1, 0.15) is 24.7 Å². The van der Waals surface area contributed by atoms with E-state index in [-0.39, 0.29) is 12.5 Å². The number of carbonyl (C=O) groups is 1. The van der Waals surface area contributed by atoms with E-state index in [0.29, 0.717) is 6.61 Å². The van der Waals surface area contributed by atoms with E-state index in [1.54, 1.807) is 11.9 Å². The molecule has 146 valence electrons. The van der Waals surface area contributed by atoms with E-state index in [0.717, 1.165) is 33.9 Å². The zero-order chi connectivity index (χ0) is 20.2. The smallest absolute Gasteiger partial charge is 0.246 e. The highest BCUT2D eigenvalue weighted by Gasteiger charge is 2.17. The third kappa shape index (κ3) is 4.14. The lowest BCUT2D eigenvalue weighted by Crippen LogP contribution is -2.30. The number of fused-ring (bicyclic) bond motifs is 1. The molecule has 3 aromatic carbocycles. The van der Waals surface area contributed by atoms with Crippen LogP contribution >= 0.6 is 0 Å². The van der Waals surface area contributed by atoms with Crippen LogP contribution in [0.25, 0.3) is 11.0 Å². The van der Waals surface area contributed by atoms with Crippen molar-refractivity contribution in [3.05, 3.63) is 90.3 Å². The number of aryl methyl sites for hydroxylation is 1. The maximum Gasteiger partial charge on any atom is 0.246 e. The molecule has 1 aromatic heterocycles. The molecule has 0 spiro atoms. The highest BCUT2D eigenvalue weighted by molar-refractivity contribution is 5.93. The van der Waals surface area contributed by atoms with Gasteiger partial charge in [0.05, 0.1) is 11.0 Å². The van der Waals surface area contributed by atoms with Gasteiger partial charge in [-0.25, -0.2) is 4.98 Å². The van der Waals surface area contributed by atoms with Crippen LogP contribution in [0, 0.1) is 6.92 Å². The third-order valence-electron chi connectivity index (χ3n) is 4.90. The van der Waals surface area contributed by atoms with Gasteiger partial charge in [0, 0.05) is 12.7 Å². The number of amides is 1. The summed E-state index contributed by atoms with van der Waals surface area (Å²) < 4.78 is 7.83. The number of imidazole rings is 1. The quantitative estimate of drug-likeness (QED) is 0.488. The number of ether oxygens (including phenoxy) is 1. The molecule has 4 aromatic rings. The van der Waals surface area contributed by atoms with Gasteiger partial charge in [-0.05, 0) is 48.9 Å². The number of aromatic nitrogens is 2. The van der Waals surface area contributed by atoms with E-state index < -0.39 is 0 Å². The number of anilines is 1. The van der Waals surface area contributed by atoms with Crippen molar-refractivity contribution in [3.63, 3.8) is 0 Å². The Labute approximate surface area is 170 Å². The number of rotatable bonds is 6. The minimum absolute atomic E-state index is 0.0142. The maximum absolute atomic E-state index is 13.0. The molecule has 0 aliphatic carbocycles. The number of nitrogens with zero attached hydrogens (tertiary/aromatic N) is 3. The Balaban J connectivity index is 1.60. The summed E-state index contributed by atoms with van der Waals surface area (Å²) in [4.78, 5) is 19.4. The predicted molar refractivity (Wildman–Crippen MR) is 115 cm³/mol. The summed E-state index contributed by atoms with van der Waals surface area (Å²) in [6.07, 6.45) is 0. The van der Waals surface area contributed by atoms with Crippen molar-refractivity contribution in [3.8, 4) is 5.75 Å². The lowest BCUT2D eigenvalue weighted by molar-refractivity contribution is -0.118. The average molecular weight is 385 g/mol. The van der Waals surface area contributed by atoms with E-state index in [4.69, 9.17) is 9.72 Å². The van der Waals surface area contributed by atoms with Gasteiger partial charge in [0.2, 0.25) is 5.91 Å². The Kier molecular flexibility index (Phi) is 5.29. The first-order valence-electron chi connectivity index (χ1n) is 9.57. The van der Waals surface area contributed by atoms with Crippen LogP contribution in [-0.4, -0.2) is 22.5 Å². The minimum Gasteiger partial charge on any atom is -0.486 e. The molecule has 0 saturated carbocycles. The summed E-state index contributed by atoms with van der Waals surface area (Å²) in [6.45, 7) is 2.50. The Hall–Kier alpha value is -3.60. The summed E-state index contributed by atoms with van der Waals surface area (Å²) in [7, 11) is 1.80. The van der Waals surface area contributed by atoms with Crippen LogP contribution in [-0.2, 0) is 17.9 Å². The van der Waals surface area contributed by atoms with E-state index in [9.17, 15) is 4.79 Å². The molecule has 29 heavy (non-hydrogen) atoms. The Bertz CT molecular complexity index is 1140. The van der Waals surface area contributed by atoms with Crippen molar-refractivity contribution < 1.29 is 9.53 Å². The highest BCUT2D eigenvalue weighted by atomic mass is 16.5. The van der Waals surface area contributed by atoms with Gasteiger partial charge in [-0.3, -0.25) is 4.79 Å². The molecule has 0 radical (unpaired) electrons. The first-order chi connectivity index (χ1) is 14.1. The normalized spacial score (nSPS) is 10.8. The fraction of sp³-hybridized carbons (Fsp3) is 0.167. The Morgan fingerprint density at radius 3 is 2.55 bits per heavy atom. The number of likely N-dealkylation sites (N-methyl/N-ethyl adjacent to an activating group) is 1. The number of carbonyl (C=O) groups excluding carboxylic acids is 1. The molecule has 5 nitrogen and oxygen atoms in total. The van der Waals surface area contributed by atoms with Gasteiger partial charge in [0.15, 0.2) is 0 Å². The van der Waals surface area contributed by atoms with Crippen molar-refractivity contribution in [2.24, 2.45) is 0 Å². The number of hydrogen-bond donors (Lipinski definition) is 0.